The second-order valence-corrected chi connectivity index (χ2v) is 6.80. The van der Waals surface area contributed by atoms with Crippen LogP contribution in [0.1, 0.15) is 58.3 Å². The summed E-state index contributed by atoms with van der Waals surface area (Å²) in [6, 6.07) is 0. The van der Waals surface area contributed by atoms with E-state index in [1.807, 2.05) is 0 Å². The molecule has 1 N–H and O–H groups in total. The number of hydrogen-bond acceptors (Lipinski definition) is 1. The molecular formula is C15H27N. The lowest BCUT2D eigenvalue weighted by Gasteiger charge is -2.34. The van der Waals surface area contributed by atoms with Gasteiger partial charge < -0.3 is 5.32 Å². The van der Waals surface area contributed by atoms with Crippen LogP contribution in [0.3, 0.4) is 0 Å². The van der Waals surface area contributed by atoms with Gasteiger partial charge in [-0.1, -0.05) is 32.6 Å². The minimum absolute atomic E-state index is 0.721. The maximum atomic E-state index is 3.65. The monoisotopic (exact) mass is 221 g/mol. The highest BCUT2D eigenvalue weighted by molar-refractivity contribution is 5.04. The summed E-state index contributed by atoms with van der Waals surface area (Å²) in [5.41, 5.74) is 0.721. The van der Waals surface area contributed by atoms with Crippen LogP contribution in [-0.2, 0) is 0 Å². The maximum Gasteiger partial charge on any atom is 0.000800 e. The van der Waals surface area contributed by atoms with Crippen molar-refractivity contribution in [2.45, 2.75) is 58.3 Å². The minimum Gasteiger partial charge on any atom is -0.316 e. The Balaban J connectivity index is 1.59. The molecule has 1 nitrogen and oxygen atoms in total. The molecule has 3 fully saturated rings. The molecule has 0 bridgehead atoms. The summed E-state index contributed by atoms with van der Waals surface area (Å²) >= 11 is 0. The molecule has 0 spiro atoms. The molecule has 0 aromatic rings. The highest BCUT2D eigenvalue weighted by Gasteiger charge is 2.53. The van der Waals surface area contributed by atoms with Crippen LogP contribution in [0, 0.1) is 23.2 Å². The molecule has 0 amide bonds. The van der Waals surface area contributed by atoms with E-state index in [-0.39, 0.29) is 0 Å². The summed E-state index contributed by atoms with van der Waals surface area (Å²) in [5.74, 6) is 3.36. The fourth-order valence-corrected chi connectivity index (χ4v) is 4.61. The quantitative estimate of drug-likeness (QED) is 0.748. The molecule has 0 aromatic heterocycles. The van der Waals surface area contributed by atoms with Crippen LogP contribution in [0.5, 0.6) is 0 Å². The topological polar surface area (TPSA) is 12.0 Å². The van der Waals surface area contributed by atoms with Gasteiger partial charge in [0.1, 0.15) is 0 Å². The maximum absolute atomic E-state index is 3.65. The van der Waals surface area contributed by atoms with E-state index < -0.39 is 0 Å². The van der Waals surface area contributed by atoms with Crippen molar-refractivity contribution < 1.29 is 0 Å². The summed E-state index contributed by atoms with van der Waals surface area (Å²) < 4.78 is 0. The van der Waals surface area contributed by atoms with E-state index in [1.54, 1.807) is 25.7 Å². The van der Waals surface area contributed by atoms with E-state index in [2.05, 4.69) is 12.2 Å². The average Bonchev–Trinajstić information content (AvgIpc) is 2.71. The van der Waals surface area contributed by atoms with Crippen molar-refractivity contribution in [3.8, 4) is 0 Å². The molecule has 0 aromatic carbocycles. The average molecular weight is 221 g/mol. The Morgan fingerprint density at radius 2 is 1.81 bits per heavy atom. The molecule has 2 atom stereocenters. The van der Waals surface area contributed by atoms with Crippen molar-refractivity contribution in [2.75, 3.05) is 13.1 Å². The van der Waals surface area contributed by atoms with Crippen LogP contribution in [0.15, 0.2) is 0 Å². The Labute approximate surface area is 100 Å². The summed E-state index contributed by atoms with van der Waals surface area (Å²) in [5, 5.41) is 3.65. The first-order chi connectivity index (χ1) is 7.81. The molecule has 0 heterocycles. The second kappa shape index (κ2) is 4.33. The summed E-state index contributed by atoms with van der Waals surface area (Å²) in [7, 11) is 0. The van der Waals surface area contributed by atoms with Crippen LogP contribution in [-0.4, -0.2) is 13.1 Å². The molecular weight excluding hydrogens is 194 g/mol. The number of hydrogen-bond donors (Lipinski definition) is 1. The Morgan fingerprint density at radius 3 is 2.44 bits per heavy atom. The fraction of sp³-hybridized carbons (Fsp3) is 1.00. The van der Waals surface area contributed by atoms with Crippen molar-refractivity contribution >= 4 is 0 Å². The molecule has 16 heavy (non-hydrogen) atoms. The molecule has 3 saturated carbocycles. The minimum atomic E-state index is 0.721. The lowest BCUT2D eigenvalue weighted by molar-refractivity contribution is 0.191. The molecule has 1 heteroatoms. The highest BCUT2D eigenvalue weighted by Crippen LogP contribution is 2.62. The Morgan fingerprint density at radius 1 is 1.12 bits per heavy atom. The zero-order valence-electron chi connectivity index (χ0n) is 10.8. The number of nitrogens with one attached hydrogen (secondary N) is 1. The van der Waals surface area contributed by atoms with Gasteiger partial charge in [-0.3, -0.25) is 0 Å². The van der Waals surface area contributed by atoms with E-state index >= 15 is 0 Å². The highest BCUT2D eigenvalue weighted by atomic mass is 14.9. The van der Waals surface area contributed by atoms with Crippen molar-refractivity contribution in [1.29, 1.82) is 0 Å². The first-order valence-corrected chi connectivity index (χ1v) is 7.52. The summed E-state index contributed by atoms with van der Waals surface area (Å²) in [6.07, 6.45) is 12.3. The zero-order valence-corrected chi connectivity index (χ0v) is 10.8. The third kappa shape index (κ3) is 2.16. The van der Waals surface area contributed by atoms with Gasteiger partial charge in [0.05, 0.1) is 0 Å². The molecule has 0 aliphatic heterocycles. The Bertz CT molecular complexity index is 232. The second-order valence-electron chi connectivity index (χ2n) is 6.80. The van der Waals surface area contributed by atoms with Crippen molar-refractivity contribution in [3.05, 3.63) is 0 Å². The summed E-state index contributed by atoms with van der Waals surface area (Å²) in [4.78, 5) is 0. The van der Waals surface area contributed by atoms with E-state index in [4.69, 9.17) is 0 Å². The van der Waals surface area contributed by atoms with Crippen LogP contribution >= 0.6 is 0 Å². The molecule has 3 aliphatic rings. The van der Waals surface area contributed by atoms with Crippen molar-refractivity contribution in [3.63, 3.8) is 0 Å². The van der Waals surface area contributed by atoms with Gasteiger partial charge in [0.2, 0.25) is 0 Å². The molecule has 3 aliphatic carbocycles. The molecule has 92 valence electrons. The molecule has 0 radical (unpaired) electrons. The van der Waals surface area contributed by atoms with Gasteiger partial charge in [-0.2, -0.15) is 0 Å². The predicted molar refractivity (Wildman–Crippen MR) is 68.4 cm³/mol. The third-order valence-electron chi connectivity index (χ3n) is 5.41. The molecule has 2 unspecified atom stereocenters. The van der Waals surface area contributed by atoms with Crippen LogP contribution in [0.4, 0.5) is 0 Å². The van der Waals surface area contributed by atoms with Gasteiger partial charge in [-0.05, 0) is 55.4 Å². The standard InChI is InChI=1S/C15H27N/c1-2-16-11-15(8-12-5-3-4-6-12)9-13-7-14(13)10-15/h12-14,16H,2-11H2,1H3. The van der Waals surface area contributed by atoms with E-state index in [0.29, 0.717) is 0 Å². The van der Waals surface area contributed by atoms with Gasteiger partial charge in [0, 0.05) is 6.54 Å². The van der Waals surface area contributed by atoms with Gasteiger partial charge in [-0.15, -0.1) is 0 Å². The molecule has 0 saturated heterocycles. The Hall–Kier alpha value is -0.0400. The van der Waals surface area contributed by atoms with Gasteiger partial charge in [0.25, 0.3) is 0 Å². The Kier molecular flexibility index (Phi) is 2.99. The van der Waals surface area contributed by atoms with E-state index in [0.717, 1.165) is 29.7 Å². The van der Waals surface area contributed by atoms with Gasteiger partial charge >= 0.3 is 0 Å². The van der Waals surface area contributed by atoms with Gasteiger partial charge in [-0.25, -0.2) is 0 Å². The van der Waals surface area contributed by atoms with Crippen molar-refractivity contribution in [1.82, 2.24) is 5.32 Å². The number of fused-ring (bicyclic) bond motifs is 1. The lowest BCUT2D eigenvalue weighted by atomic mass is 9.75. The van der Waals surface area contributed by atoms with Gasteiger partial charge in [0.15, 0.2) is 0 Å². The largest absolute Gasteiger partial charge is 0.316 e. The van der Waals surface area contributed by atoms with Crippen LogP contribution in [0.2, 0.25) is 0 Å². The predicted octanol–water partition coefficient (Wildman–Crippen LogP) is 3.59. The first-order valence-electron chi connectivity index (χ1n) is 7.52. The zero-order chi connectivity index (χ0) is 11.0. The fourth-order valence-electron chi connectivity index (χ4n) is 4.61. The van der Waals surface area contributed by atoms with Crippen LogP contribution in [0.25, 0.3) is 0 Å². The lowest BCUT2D eigenvalue weighted by Crippen LogP contribution is -2.34. The third-order valence-corrected chi connectivity index (χ3v) is 5.41. The normalized spacial score (nSPS) is 42.6. The van der Waals surface area contributed by atoms with E-state index in [9.17, 15) is 0 Å². The number of rotatable bonds is 5. The van der Waals surface area contributed by atoms with Crippen molar-refractivity contribution in [2.24, 2.45) is 23.2 Å². The SMILES string of the molecule is CCNCC1(CC2CCCC2)CC2CC2C1. The van der Waals surface area contributed by atoms with E-state index in [1.165, 1.54) is 32.2 Å². The smallest absolute Gasteiger partial charge is 0.000800 e. The van der Waals surface area contributed by atoms with Crippen LogP contribution < -0.4 is 5.32 Å². The molecule has 3 rings (SSSR count). The summed E-state index contributed by atoms with van der Waals surface area (Å²) in [6.45, 7) is 4.72. The first kappa shape index (κ1) is 11.1.